The molecule has 38 heavy (non-hydrogen) atoms. The van der Waals surface area contributed by atoms with Crippen LogP contribution in [-0.2, 0) is 14.4 Å². The number of aliphatic hydroxyl groups excluding tert-OH is 1. The Kier molecular flexibility index (Phi) is 9.42. The molecule has 3 fully saturated rings. The van der Waals surface area contributed by atoms with Gasteiger partial charge < -0.3 is 19.8 Å². The third-order valence-corrected chi connectivity index (χ3v) is 11.2. The second-order valence-electron chi connectivity index (χ2n) is 10.3. The zero-order valence-electron chi connectivity index (χ0n) is 22.0. The van der Waals surface area contributed by atoms with E-state index in [9.17, 15) is 19.5 Å². The Hall–Kier alpha value is -2.10. The predicted octanol–water partition coefficient (Wildman–Crippen LogP) is 3.87. The maximum absolute atomic E-state index is 14.3. The van der Waals surface area contributed by atoms with Crippen LogP contribution in [-0.4, -0.2) is 86.3 Å². The summed E-state index contributed by atoms with van der Waals surface area (Å²) >= 11 is 5.48. The van der Waals surface area contributed by atoms with Crippen molar-refractivity contribution < 1.29 is 19.5 Å². The van der Waals surface area contributed by atoms with E-state index in [1.165, 1.54) is 0 Å². The summed E-state index contributed by atoms with van der Waals surface area (Å²) in [4.78, 5) is 47.8. The summed E-state index contributed by atoms with van der Waals surface area (Å²) in [6.07, 6.45) is 6.25. The first-order valence-corrected chi connectivity index (χ1v) is 15.3. The third-order valence-electron chi connectivity index (χ3n) is 7.95. The van der Waals surface area contributed by atoms with Crippen LogP contribution >= 0.6 is 27.7 Å². The monoisotopic (exact) mass is 603 g/mol. The van der Waals surface area contributed by atoms with E-state index in [-0.39, 0.29) is 41.0 Å². The Morgan fingerprint density at radius 3 is 2.53 bits per heavy atom. The fraction of sp³-hybridized carbons (Fsp3) is 0.552. The van der Waals surface area contributed by atoms with Gasteiger partial charge in [-0.25, -0.2) is 0 Å². The topological polar surface area (TPSA) is 81.2 Å². The van der Waals surface area contributed by atoms with Crippen LogP contribution in [0.3, 0.4) is 0 Å². The first kappa shape index (κ1) is 28.9. The first-order valence-electron chi connectivity index (χ1n) is 13.5. The number of anilines is 1. The minimum atomic E-state index is -0.703. The van der Waals surface area contributed by atoms with Crippen molar-refractivity contribution in [3.63, 3.8) is 0 Å². The Morgan fingerprint density at radius 1 is 1.18 bits per heavy atom. The number of likely N-dealkylation sites (tertiary alicyclic amines) is 1. The second-order valence-corrected chi connectivity index (χ2v) is 13.0. The summed E-state index contributed by atoms with van der Waals surface area (Å²) in [7, 11) is 0. The molecule has 3 aliphatic rings. The molecule has 0 aliphatic carbocycles. The van der Waals surface area contributed by atoms with E-state index >= 15 is 0 Å². The minimum absolute atomic E-state index is 0.00319. The number of rotatable bonds is 13. The molecule has 206 valence electrons. The van der Waals surface area contributed by atoms with E-state index in [0.717, 1.165) is 18.5 Å². The van der Waals surface area contributed by atoms with Crippen LogP contribution in [0.15, 0.2) is 55.6 Å². The number of hydrogen-bond acceptors (Lipinski definition) is 5. The van der Waals surface area contributed by atoms with Crippen molar-refractivity contribution >= 4 is 51.1 Å². The Balaban J connectivity index is 1.75. The van der Waals surface area contributed by atoms with Crippen molar-refractivity contribution in [3.05, 3.63) is 55.6 Å². The number of nitrogens with zero attached hydrogens (tertiary/aromatic N) is 3. The van der Waals surface area contributed by atoms with Gasteiger partial charge in [0, 0.05) is 48.6 Å². The molecule has 2 bridgehead atoms. The minimum Gasteiger partial charge on any atom is -0.396 e. The largest absolute Gasteiger partial charge is 0.396 e. The average molecular weight is 605 g/mol. The summed E-state index contributed by atoms with van der Waals surface area (Å²) in [5.41, 5.74) is 0.761. The third kappa shape index (κ3) is 4.97. The van der Waals surface area contributed by atoms with Crippen molar-refractivity contribution in [1.29, 1.82) is 0 Å². The van der Waals surface area contributed by atoms with Crippen LogP contribution in [0.1, 0.15) is 32.6 Å². The van der Waals surface area contributed by atoms with Crippen molar-refractivity contribution in [3.8, 4) is 0 Å². The van der Waals surface area contributed by atoms with E-state index in [0.29, 0.717) is 32.5 Å². The highest BCUT2D eigenvalue weighted by atomic mass is 79.9. The van der Waals surface area contributed by atoms with Gasteiger partial charge in [-0.15, -0.1) is 24.9 Å². The molecule has 4 rings (SSSR count). The molecule has 3 saturated heterocycles. The molecular formula is C29H38BrN3O4S. The van der Waals surface area contributed by atoms with Crippen molar-refractivity contribution in [2.45, 2.75) is 53.5 Å². The number of hydrogen-bond donors (Lipinski definition) is 1. The summed E-state index contributed by atoms with van der Waals surface area (Å²) in [5.74, 6) is -1.51. The lowest BCUT2D eigenvalue weighted by atomic mass is 9.70. The lowest BCUT2D eigenvalue weighted by molar-refractivity contribution is -0.142. The molecule has 1 N–H and O–H groups in total. The number of para-hydroxylation sites is 1. The maximum Gasteiger partial charge on any atom is 0.247 e. The smallest absolute Gasteiger partial charge is 0.247 e. The quantitative estimate of drug-likeness (QED) is 0.273. The number of benzene rings is 1. The normalized spacial score (nSPS) is 29.3. The van der Waals surface area contributed by atoms with Crippen LogP contribution in [0.2, 0.25) is 0 Å². The number of carbonyl (C=O) groups excluding carboxylic acids is 3. The van der Waals surface area contributed by atoms with Crippen LogP contribution in [0.25, 0.3) is 0 Å². The zero-order chi connectivity index (χ0) is 27.4. The summed E-state index contributed by atoms with van der Waals surface area (Å²) < 4.78 is -0.703. The lowest BCUT2D eigenvalue weighted by Crippen LogP contribution is -2.56. The first-order chi connectivity index (χ1) is 18.4. The molecule has 3 amide bonds. The molecule has 1 spiro atoms. The highest BCUT2D eigenvalue weighted by molar-refractivity contribution is 9.09. The van der Waals surface area contributed by atoms with Crippen LogP contribution in [0.4, 0.5) is 5.69 Å². The SMILES string of the molecule is C=CCN(CCCC)C(=O)C1N(CCCO)C(=O)[C@@H]2[C@@H](C(=O)N(CC=C)c3ccccc3)[C@@H]3SC12CC3Br. The predicted molar refractivity (Wildman–Crippen MR) is 156 cm³/mol. The molecule has 7 nitrogen and oxygen atoms in total. The van der Waals surface area contributed by atoms with Crippen molar-refractivity contribution in [2.24, 2.45) is 11.8 Å². The molecule has 0 radical (unpaired) electrons. The van der Waals surface area contributed by atoms with Crippen molar-refractivity contribution in [1.82, 2.24) is 9.80 Å². The number of halogens is 1. The van der Waals surface area contributed by atoms with Gasteiger partial charge in [-0.3, -0.25) is 14.4 Å². The number of aliphatic hydroxyl groups is 1. The van der Waals surface area contributed by atoms with E-state index < -0.39 is 22.6 Å². The Bertz CT molecular complexity index is 1060. The molecule has 6 atom stereocenters. The number of unbranched alkanes of at least 4 members (excludes halogenated alkanes) is 1. The van der Waals surface area contributed by atoms with Gasteiger partial charge >= 0.3 is 0 Å². The molecule has 3 unspecified atom stereocenters. The highest BCUT2D eigenvalue weighted by Crippen LogP contribution is 2.68. The Labute approximate surface area is 238 Å². The fourth-order valence-electron chi connectivity index (χ4n) is 6.38. The van der Waals surface area contributed by atoms with Gasteiger partial charge in [0.1, 0.15) is 6.04 Å². The van der Waals surface area contributed by atoms with Crippen LogP contribution in [0.5, 0.6) is 0 Å². The van der Waals surface area contributed by atoms with Gasteiger partial charge in [0.15, 0.2) is 0 Å². The number of carbonyl (C=O) groups is 3. The standard InChI is InChI=1S/C29H38BrN3O4S/c1-4-7-16-31(14-5-2)28(37)25-29-19-21(30)24(38-29)22(23(29)27(36)33(25)17-11-18-34)26(35)32(15-6-3)20-12-9-8-10-13-20/h5-6,8-10,12-13,21-25,34H,2-4,7,11,14-19H2,1H3/t21?,22-,23+,24-,25?,29?/m1/s1. The van der Waals surface area contributed by atoms with Crippen LogP contribution < -0.4 is 4.90 Å². The van der Waals surface area contributed by atoms with E-state index in [1.807, 2.05) is 30.3 Å². The molecule has 3 heterocycles. The maximum atomic E-state index is 14.3. The fourth-order valence-corrected chi connectivity index (χ4v) is 9.98. The van der Waals surface area contributed by atoms with Crippen LogP contribution in [0, 0.1) is 11.8 Å². The van der Waals surface area contributed by atoms with Gasteiger partial charge in [-0.05, 0) is 31.4 Å². The summed E-state index contributed by atoms with van der Waals surface area (Å²) in [6, 6.07) is 8.78. The number of alkyl halides is 1. The number of thioether (sulfide) groups is 1. The van der Waals surface area contributed by atoms with Gasteiger partial charge in [0.25, 0.3) is 0 Å². The molecule has 1 aromatic carbocycles. The van der Waals surface area contributed by atoms with E-state index in [1.54, 1.807) is 38.6 Å². The summed E-state index contributed by atoms with van der Waals surface area (Å²) in [6.45, 7) is 11.3. The molecule has 9 heteroatoms. The lowest BCUT2D eigenvalue weighted by Gasteiger charge is -2.38. The molecule has 3 aliphatic heterocycles. The van der Waals surface area contributed by atoms with E-state index in [2.05, 4.69) is 36.0 Å². The molecule has 1 aromatic rings. The highest BCUT2D eigenvalue weighted by Gasteiger charge is 2.76. The van der Waals surface area contributed by atoms with Gasteiger partial charge in [-0.1, -0.05) is 59.6 Å². The number of fused-ring (bicyclic) bond motifs is 1. The van der Waals surface area contributed by atoms with Gasteiger partial charge in [0.05, 0.1) is 16.6 Å². The molecule has 0 saturated carbocycles. The van der Waals surface area contributed by atoms with Gasteiger partial charge in [0.2, 0.25) is 17.7 Å². The van der Waals surface area contributed by atoms with Crippen molar-refractivity contribution in [2.75, 3.05) is 37.7 Å². The average Bonchev–Trinajstić information content (AvgIpc) is 3.51. The molecular weight excluding hydrogens is 566 g/mol. The molecule has 0 aromatic heterocycles. The number of amides is 3. The zero-order valence-corrected chi connectivity index (χ0v) is 24.4. The van der Waals surface area contributed by atoms with Gasteiger partial charge in [-0.2, -0.15) is 0 Å². The Morgan fingerprint density at radius 2 is 1.89 bits per heavy atom. The summed E-state index contributed by atoms with van der Waals surface area (Å²) in [5, 5.41) is 9.47. The van der Waals surface area contributed by atoms with E-state index in [4.69, 9.17) is 0 Å². The second kappa shape index (κ2) is 12.4.